The number of benzene rings is 2. The van der Waals surface area contributed by atoms with Crippen molar-refractivity contribution < 1.29 is 39.1 Å². The summed E-state index contributed by atoms with van der Waals surface area (Å²) >= 11 is 0. The molecule has 4 bridgehead atoms. The molecule has 3 N–H and O–H groups in total. The molecule has 11 heteroatoms. The molecule has 3 heterocycles. The van der Waals surface area contributed by atoms with E-state index in [1.54, 1.807) is 24.5 Å². The van der Waals surface area contributed by atoms with E-state index in [-0.39, 0.29) is 65.7 Å². The molecule has 8 atom stereocenters. The van der Waals surface area contributed by atoms with Gasteiger partial charge < -0.3 is 34.3 Å². The van der Waals surface area contributed by atoms with Gasteiger partial charge in [-0.05, 0) is 97.9 Å². The number of phenols is 3. The highest BCUT2D eigenvalue weighted by atomic mass is 33.1. The van der Waals surface area contributed by atoms with Crippen molar-refractivity contribution in [3.05, 3.63) is 71.5 Å². The number of carbonyl (C=O) groups excluding carboxylic acids is 1. The lowest BCUT2D eigenvalue weighted by Crippen LogP contribution is -2.52. The molecule has 9 nitrogen and oxygen atoms in total. The van der Waals surface area contributed by atoms with Crippen LogP contribution in [0.2, 0.25) is 0 Å². The number of aromatic hydroxyl groups is 3. The highest BCUT2D eigenvalue weighted by Gasteiger charge is 2.49. The number of hydrogen-bond acceptors (Lipinski definition) is 11. The molecule has 8 unspecified atom stereocenters. The number of ether oxygens (including phenoxy) is 4. The zero-order valence-corrected chi connectivity index (χ0v) is 29.4. The summed E-state index contributed by atoms with van der Waals surface area (Å²) in [4.78, 5) is 16.6. The number of pyridine rings is 1. The lowest BCUT2D eigenvalue weighted by molar-refractivity contribution is -0.191. The number of phenolic OH excluding ortho intramolecular Hbond substituents is 3. The maximum atomic E-state index is 12.4. The Hall–Kier alpha value is -3.28. The fourth-order valence-electron chi connectivity index (χ4n) is 8.11. The molecule has 7 rings (SSSR count). The van der Waals surface area contributed by atoms with Crippen LogP contribution in [0.15, 0.2) is 54.9 Å². The number of aromatic nitrogens is 1. The SMILES string of the molecule is CC(=O)OC1CC(c2cc(O)c(O)c(OCCc3cccnc3)c2)OC2C1CCC1SSCC3CCCC(C3)Oc3cc(ccc3O)CC12. The van der Waals surface area contributed by atoms with Crippen molar-refractivity contribution in [1.82, 2.24) is 4.98 Å². The van der Waals surface area contributed by atoms with Gasteiger partial charge in [0.1, 0.15) is 6.10 Å². The Labute approximate surface area is 295 Å². The quantitative estimate of drug-likeness (QED) is 0.134. The highest BCUT2D eigenvalue weighted by molar-refractivity contribution is 8.76. The molecule has 0 radical (unpaired) electrons. The zero-order chi connectivity index (χ0) is 33.9. The van der Waals surface area contributed by atoms with Crippen LogP contribution >= 0.6 is 21.6 Å². The zero-order valence-electron chi connectivity index (χ0n) is 27.7. The molecular formula is C38H45NO8S2. The molecule has 0 amide bonds. The number of fused-ring (bicyclic) bond motifs is 7. The van der Waals surface area contributed by atoms with Gasteiger partial charge in [-0.25, -0.2) is 0 Å². The number of carbonyl (C=O) groups is 1. The summed E-state index contributed by atoms with van der Waals surface area (Å²) in [6, 6.07) is 12.8. The monoisotopic (exact) mass is 707 g/mol. The van der Waals surface area contributed by atoms with Gasteiger partial charge in [0.2, 0.25) is 5.75 Å². The summed E-state index contributed by atoms with van der Waals surface area (Å²) in [5.74, 6) is 1.67. The summed E-state index contributed by atoms with van der Waals surface area (Å²) in [5, 5.41) is 32.6. The van der Waals surface area contributed by atoms with Gasteiger partial charge in [-0.1, -0.05) is 33.7 Å². The maximum Gasteiger partial charge on any atom is 0.302 e. The predicted octanol–water partition coefficient (Wildman–Crippen LogP) is 7.55. The van der Waals surface area contributed by atoms with Gasteiger partial charge in [-0.3, -0.25) is 9.78 Å². The van der Waals surface area contributed by atoms with Crippen LogP contribution in [-0.4, -0.2) is 62.2 Å². The third kappa shape index (κ3) is 8.05. The molecule has 4 aliphatic rings. The highest BCUT2D eigenvalue weighted by Crippen LogP contribution is 2.52. The average Bonchev–Trinajstić information content (AvgIpc) is 3.09. The molecule has 3 aromatic rings. The van der Waals surface area contributed by atoms with Crippen LogP contribution in [-0.2, 0) is 27.1 Å². The largest absolute Gasteiger partial charge is 0.504 e. The summed E-state index contributed by atoms with van der Waals surface area (Å²) in [5.41, 5.74) is 2.73. The van der Waals surface area contributed by atoms with E-state index in [0.717, 1.165) is 49.0 Å². The Balaban J connectivity index is 1.18. The fraction of sp³-hybridized carbons (Fsp3) is 0.526. The Morgan fingerprint density at radius 1 is 1.02 bits per heavy atom. The van der Waals surface area contributed by atoms with Gasteiger partial charge in [0.25, 0.3) is 0 Å². The van der Waals surface area contributed by atoms with Crippen molar-refractivity contribution in [2.24, 2.45) is 17.8 Å². The lowest BCUT2D eigenvalue weighted by Gasteiger charge is -2.50. The van der Waals surface area contributed by atoms with Crippen molar-refractivity contribution in [1.29, 1.82) is 0 Å². The standard InChI is InChI=1S/C38H45NO8S2/c1-22(40)45-33-19-32(26-17-31(42)37(43)35(18-26)44-13-11-23-5-3-12-39-20-23)47-38-28(33)8-10-36-29(38)15-24-7-9-30(41)34(16-24)46-27-6-2-4-25(14-27)21-48-49-36/h3,5,7,9,12,16-18,20,25,27-29,32-33,36,38,41-43H,2,4,6,8,10-11,13-15,19,21H2,1H3. The van der Waals surface area contributed by atoms with Crippen LogP contribution in [0.25, 0.3) is 0 Å². The molecule has 3 fully saturated rings. The van der Waals surface area contributed by atoms with Crippen molar-refractivity contribution in [2.45, 2.75) is 94.4 Å². The van der Waals surface area contributed by atoms with Crippen LogP contribution in [0.1, 0.15) is 74.7 Å². The third-order valence-electron chi connectivity index (χ3n) is 10.5. The Bertz CT molecular complexity index is 1610. The van der Waals surface area contributed by atoms with Crippen molar-refractivity contribution in [3.8, 4) is 28.7 Å². The lowest BCUT2D eigenvalue weighted by atomic mass is 9.70. The van der Waals surface area contributed by atoms with Crippen LogP contribution in [0.5, 0.6) is 28.7 Å². The van der Waals surface area contributed by atoms with E-state index in [4.69, 9.17) is 18.9 Å². The fourth-order valence-corrected chi connectivity index (χ4v) is 11.5. The van der Waals surface area contributed by atoms with Crippen LogP contribution < -0.4 is 9.47 Å². The van der Waals surface area contributed by atoms with Gasteiger partial charge in [-0.2, -0.15) is 0 Å². The molecule has 2 saturated carbocycles. The summed E-state index contributed by atoms with van der Waals surface area (Å²) in [6.07, 6.45) is 10.4. The molecule has 2 aliphatic heterocycles. The second kappa shape index (κ2) is 15.3. The predicted molar refractivity (Wildman–Crippen MR) is 189 cm³/mol. The molecular weight excluding hydrogens is 663 g/mol. The minimum absolute atomic E-state index is 0.00986. The van der Waals surface area contributed by atoms with Crippen LogP contribution in [0.4, 0.5) is 0 Å². The topological polar surface area (TPSA) is 128 Å². The molecule has 1 saturated heterocycles. The summed E-state index contributed by atoms with van der Waals surface area (Å²) in [7, 11) is 3.92. The molecule has 2 aromatic carbocycles. The van der Waals surface area contributed by atoms with Crippen molar-refractivity contribution in [3.63, 3.8) is 0 Å². The third-order valence-corrected chi connectivity index (χ3v) is 13.6. The average molecular weight is 708 g/mol. The van der Waals surface area contributed by atoms with Gasteiger partial charge in [0, 0.05) is 55.0 Å². The first kappa shape index (κ1) is 34.2. The Morgan fingerprint density at radius 3 is 2.76 bits per heavy atom. The van der Waals surface area contributed by atoms with E-state index in [0.29, 0.717) is 41.7 Å². The van der Waals surface area contributed by atoms with E-state index in [9.17, 15) is 20.1 Å². The van der Waals surface area contributed by atoms with E-state index < -0.39 is 6.10 Å². The first-order valence-electron chi connectivity index (χ1n) is 17.5. The van der Waals surface area contributed by atoms with Gasteiger partial charge in [0.05, 0.1) is 24.9 Å². The van der Waals surface area contributed by atoms with E-state index in [1.165, 1.54) is 19.4 Å². The molecule has 262 valence electrons. The van der Waals surface area contributed by atoms with Gasteiger partial charge in [-0.15, -0.1) is 0 Å². The maximum absolute atomic E-state index is 12.4. The number of esters is 1. The second-order valence-corrected chi connectivity index (χ2v) is 16.6. The molecule has 1 aromatic heterocycles. The Morgan fingerprint density at radius 2 is 1.92 bits per heavy atom. The number of rotatable bonds is 6. The molecule has 0 spiro atoms. The molecule has 49 heavy (non-hydrogen) atoms. The normalized spacial score (nSPS) is 29.8. The van der Waals surface area contributed by atoms with Gasteiger partial charge >= 0.3 is 5.97 Å². The first-order valence-corrected chi connectivity index (χ1v) is 19.9. The van der Waals surface area contributed by atoms with Crippen LogP contribution in [0.3, 0.4) is 0 Å². The summed E-state index contributed by atoms with van der Waals surface area (Å²) in [6.45, 7) is 1.73. The first-order chi connectivity index (χ1) is 23.8. The number of hydrogen-bond donors (Lipinski definition) is 3. The van der Waals surface area contributed by atoms with E-state index in [2.05, 4.69) is 4.98 Å². The summed E-state index contributed by atoms with van der Waals surface area (Å²) < 4.78 is 25.5. The van der Waals surface area contributed by atoms with Crippen molar-refractivity contribution in [2.75, 3.05) is 12.4 Å². The minimum Gasteiger partial charge on any atom is -0.504 e. The number of nitrogens with zero attached hydrogens (tertiary/aromatic N) is 1. The van der Waals surface area contributed by atoms with E-state index >= 15 is 0 Å². The van der Waals surface area contributed by atoms with Gasteiger partial charge in [0.15, 0.2) is 23.0 Å². The second-order valence-electron chi connectivity index (χ2n) is 13.9. The molecule has 2 aliphatic carbocycles. The smallest absolute Gasteiger partial charge is 0.302 e. The van der Waals surface area contributed by atoms with Crippen molar-refractivity contribution >= 4 is 27.6 Å². The van der Waals surface area contributed by atoms with Crippen LogP contribution in [0, 0.1) is 17.8 Å². The van der Waals surface area contributed by atoms with E-state index in [1.807, 2.05) is 45.9 Å². The minimum atomic E-state index is -0.503. The Kier molecular flexibility index (Phi) is 10.7.